The number of phenols is 1. The third kappa shape index (κ3) is 3.39. The average Bonchev–Trinajstić information content (AvgIpc) is 2.06. The van der Waals surface area contributed by atoms with Crippen LogP contribution in [0.1, 0.15) is 5.56 Å². The normalized spacial score (nSPS) is 12.1. The standard InChI is InChI=1S/C9H14AsNO4/c1-11(2)6-7-5-8(10(13,14)15)3-4-9(7)12/h3-5,12H,6H2,1-2H3,(H2,13,14,15). The monoisotopic (exact) mass is 275 g/mol. The van der Waals surface area contributed by atoms with E-state index in [1.54, 1.807) is 0 Å². The van der Waals surface area contributed by atoms with Crippen molar-refractivity contribution in [1.29, 1.82) is 0 Å². The van der Waals surface area contributed by atoms with Gasteiger partial charge in [-0.25, -0.2) is 0 Å². The van der Waals surface area contributed by atoms with Crippen molar-refractivity contribution in [3.8, 4) is 5.75 Å². The van der Waals surface area contributed by atoms with E-state index in [1.165, 1.54) is 18.2 Å². The Morgan fingerprint density at radius 3 is 2.40 bits per heavy atom. The van der Waals surface area contributed by atoms with Gasteiger partial charge in [-0.1, -0.05) is 0 Å². The van der Waals surface area contributed by atoms with E-state index in [9.17, 15) is 8.85 Å². The Hall–Kier alpha value is -0.742. The zero-order chi connectivity index (χ0) is 11.6. The third-order valence-electron chi connectivity index (χ3n) is 1.89. The van der Waals surface area contributed by atoms with Gasteiger partial charge in [0.1, 0.15) is 0 Å². The molecule has 3 N–H and O–H groups in total. The first kappa shape index (κ1) is 12.3. The summed E-state index contributed by atoms with van der Waals surface area (Å²) in [5.41, 5.74) is 0.516. The Labute approximate surface area is 91.0 Å². The zero-order valence-electron chi connectivity index (χ0n) is 8.58. The van der Waals surface area contributed by atoms with Crippen LogP contribution in [0.4, 0.5) is 0 Å². The molecule has 5 nitrogen and oxygen atoms in total. The summed E-state index contributed by atoms with van der Waals surface area (Å²) < 4.78 is 29.1. The number of benzene rings is 1. The van der Waals surface area contributed by atoms with Gasteiger partial charge in [0.05, 0.1) is 0 Å². The van der Waals surface area contributed by atoms with Gasteiger partial charge >= 0.3 is 90.6 Å². The maximum absolute atomic E-state index is 11.0. The molecule has 0 amide bonds. The summed E-state index contributed by atoms with van der Waals surface area (Å²) >= 11 is -4.85. The summed E-state index contributed by atoms with van der Waals surface area (Å²) in [6.45, 7) is 0.440. The molecule has 0 fully saturated rings. The van der Waals surface area contributed by atoms with Crippen LogP contribution >= 0.6 is 0 Å². The molecule has 1 aromatic carbocycles. The van der Waals surface area contributed by atoms with Gasteiger partial charge in [-0.05, 0) is 0 Å². The average molecular weight is 275 g/mol. The van der Waals surface area contributed by atoms with E-state index in [0.717, 1.165) is 0 Å². The Bertz CT molecular complexity index is 399. The molecule has 0 saturated carbocycles. The summed E-state index contributed by atoms with van der Waals surface area (Å²) in [6, 6.07) is 3.93. The third-order valence-corrected chi connectivity index (χ3v) is 3.88. The van der Waals surface area contributed by atoms with E-state index in [1.807, 2.05) is 19.0 Å². The SMILES string of the molecule is CN(C)Cc1cc([As](=O)(O)O)ccc1O. The summed E-state index contributed by atoms with van der Waals surface area (Å²) in [5, 5.41) is 9.48. The molecule has 0 spiro atoms. The van der Waals surface area contributed by atoms with Crippen molar-refractivity contribution < 1.29 is 17.0 Å². The van der Waals surface area contributed by atoms with Crippen molar-refractivity contribution >= 4 is 18.5 Å². The maximum atomic E-state index is 11.0. The van der Waals surface area contributed by atoms with Crippen molar-refractivity contribution in [2.45, 2.75) is 6.54 Å². The van der Waals surface area contributed by atoms with Crippen LogP contribution in [-0.4, -0.2) is 46.5 Å². The van der Waals surface area contributed by atoms with E-state index in [0.29, 0.717) is 12.1 Å². The molecule has 84 valence electrons. The van der Waals surface area contributed by atoms with E-state index < -0.39 is 14.2 Å². The van der Waals surface area contributed by atoms with Crippen molar-refractivity contribution in [2.75, 3.05) is 14.1 Å². The van der Waals surface area contributed by atoms with Gasteiger partial charge in [0.2, 0.25) is 0 Å². The number of nitrogens with zero attached hydrogens (tertiary/aromatic N) is 1. The van der Waals surface area contributed by atoms with Gasteiger partial charge < -0.3 is 0 Å². The van der Waals surface area contributed by atoms with Crippen LogP contribution in [0.15, 0.2) is 18.2 Å². The molecular formula is C9H14AsNO4. The number of aromatic hydroxyl groups is 1. The predicted molar refractivity (Wildman–Crippen MR) is 56.0 cm³/mol. The van der Waals surface area contributed by atoms with Gasteiger partial charge in [-0.15, -0.1) is 0 Å². The second-order valence-electron chi connectivity index (χ2n) is 3.59. The Morgan fingerprint density at radius 2 is 1.93 bits per heavy atom. The first-order valence-corrected chi connectivity index (χ1v) is 7.71. The summed E-state index contributed by atoms with van der Waals surface area (Å²) in [4.78, 5) is 1.81. The zero-order valence-corrected chi connectivity index (χ0v) is 10.5. The summed E-state index contributed by atoms with van der Waals surface area (Å²) in [7, 11) is 3.63. The number of phenolic OH excluding ortho intramolecular Hbond substituents is 1. The van der Waals surface area contributed by atoms with Gasteiger partial charge in [0, 0.05) is 0 Å². The van der Waals surface area contributed by atoms with Crippen molar-refractivity contribution in [3.05, 3.63) is 23.8 Å². The van der Waals surface area contributed by atoms with Gasteiger partial charge in [0.25, 0.3) is 0 Å². The van der Waals surface area contributed by atoms with Crippen LogP contribution in [0.2, 0.25) is 0 Å². The first-order chi connectivity index (χ1) is 6.80. The molecule has 0 heterocycles. The predicted octanol–water partition coefficient (Wildman–Crippen LogP) is -0.985. The summed E-state index contributed by atoms with van der Waals surface area (Å²) in [5.74, 6) is 0.0522. The van der Waals surface area contributed by atoms with Crippen LogP contribution in [0, 0.1) is 0 Å². The van der Waals surface area contributed by atoms with Crippen molar-refractivity contribution in [1.82, 2.24) is 4.90 Å². The number of hydrogen-bond acceptors (Lipinski definition) is 3. The molecule has 0 aromatic heterocycles. The van der Waals surface area contributed by atoms with Crippen LogP contribution in [-0.2, 0) is 10.3 Å². The second-order valence-corrected chi connectivity index (χ2v) is 6.96. The van der Waals surface area contributed by atoms with E-state index in [-0.39, 0.29) is 10.1 Å². The molecule has 0 saturated heterocycles. The molecule has 1 rings (SSSR count). The van der Waals surface area contributed by atoms with Crippen LogP contribution < -0.4 is 4.35 Å². The fourth-order valence-electron chi connectivity index (χ4n) is 1.22. The Balaban J connectivity index is 3.11. The molecular weight excluding hydrogens is 261 g/mol. The van der Waals surface area contributed by atoms with Crippen LogP contribution in [0.3, 0.4) is 0 Å². The quantitative estimate of drug-likeness (QED) is 0.617. The molecule has 0 bridgehead atoms. The minimum absolute atomic E-state index is 0.0113. The molecule has 0 radical (unpaired) electrons. The number of hydrogen-bond donors (Lipinski definition) is 3. The molecule has 0 atom stereocenters. The number of rotatable bonds is 3. The van der Waals surface area contributed by atoms with E-state index in [4.69, 9.17) is 8.19 Å². The second kappa shape index (κ2) is 4.41. The van der Waals surface area contributed by atoms with Crippen LogP contribution in [0.25, 0.3) is 0 Å². The Morgan fingerprint density at radius 1 is 1.33 bits per heavy atom. The first-order valence-electron chi connectivity index (χ1n) is 4.33. The van der Waals surface area contributed by atoms with Gasteiger partial charge in [-0.2, -0.15) is 0 Å². The molecule has 0 aliphatic rings. The van der Waals surface area contributed by atoms with E-state index >= 15 is 0 Å². The fourth-order valence-corrected chi connectivity index (χ4v) is 2.46. The van der Waals surface area contributed by atoms with E-state index in [2.05, 4.69) is 0 Å². The van der Waals surface area contributed by atoms with Gasteiger partial charge in [0.15, 0.2) is 0 Å². The van der Waals surface area contributed by atoms with Crippen molar-refractivity contribution in [2.24, 2.45) is 0 Å². The topological polar surface area (TPSA) is 81.0 Å². The van der Waals surface area contributed by atoms with Gasteiger partial charge in [-0.3, -0.25) is 0 Å². The molecule has 0 unspecified atom stereocenters. The fraction of sp³-hybridized carbons (Fsp3) is 0.333. The van der Waals surface area contributed by atoms with Crippen LogP contribution in [0.5, 0.6) is 5.75 Å². The molecule has 6 heteroatoms. The Kier molecular flexibility index (Phi) is 3.62. The molecule has 0 aliphatic carbocycles. The molecule has 1 aromatic rings. The molecule has 0 aliphatic heterocycles. The van der Waals surface area contributed by atoms with Crippen molar-refractivity contribution in [3.63, 3.8) is 0 Å². The molecule has 15 heavy (non-hydrogen) atoms. The summed E-state index contributed by atoms with van der Waals surface area (Å²) in [6.07, 6.45) is 0. The minimum atomic E-state index is -4.85.